The number of imidazole rings is 1. The summed E-state index contributed by atoms with van der Waals surface area (Å²) < 4.78 is 2.05. The molecule has 0 aliphatic heterocycles. The van der Waals surface area contributed by atoms with Gasteiger partial charge in [0.15, 0.2) is 5.65 Å². The second kappa shape index (κ2) is 6.13. The lowest BCUT2D eigenvalue weighted by Crippen LogP contribution is -2.09. The number of rotatable bonds is 4. The number of fused-ring (bicyclic) bond motifs is 1. The van der Waals surface area contributed by atoms with Crippen molar-refractivity contribution < 1.29 is 5.11 Å². The maximum atomic E-state index is 9.32. The molecule has 2 aliphatic rings. The van der Waals surface area contributed by atoms with E-state index in [0.29, 0.717) is 11.2 Å². The fourth-order valence-electron chi connectivity index (χ4n) is 3.49. The van der Waals surface area contributed by atoms with Crippen molar-refractivity contribution in [3.8, 4) is 0 Å². The topological polar surface area (TPSA) is 89.8 Å². The first-order valence-electron chi connectivity index (χ1n) is 8.20. The number of aliphatic hydroxyl groups excluding tert-OH is 1. The molecule has 7 heteroatoms. The smallest absolute Gasteiger partial charge is 0.223 e. The van der Waals surface area contributed by atoms with Crippen molar-refractivity contribution >= 4 is 28.9 Å². The van der Waals surface area contributed by atoms with E-state index in [2.05, 4.69) is 31.7 Å². The quantitative estimate of drug-likeness (QED) is 0.661. The first-order valence-corrected chi connectivity index (χ1v) is 9.08. The molecule has 0 amide bonds. The van der Waals surface area contributed by atoms with Crippen LogP contribution in [0.5, 0.6) is 0 Å². The number of hydrogen-bond donors (Lipinski definition) is 2. The van der Waals surface area contributed by atoms with Crippen LogP contribution in [0, 0.1) is 5.92 Å². The monoisotopic (exact) mass is 331 g/mol. The first-order chi connectivity index (χ1) is 11.2. The first kappa shape index (κ1) is 15.0. The number of nitrogens with zero attached hydrogens (tertiary/aromatic N) is 4. The molecule has 0 bridgehead atoms. The number of allylic oxidation sites excluding steroid dienone is 1. The molecule has 2 aromatic heterocycles. The normalized spacial score (nSPS) is 24.9. The van der Waals surface area contributed by atoms with E-state index in [1.165, 1.54) is 25.7 Å². The van der Waals surface area contributed by atoms with Crippen LogP contribution in [-0.4, -0.2) is 36.5 Å². The Labute approximate surface area is 139 Å². The molecule has 23 heavy (non-hydrogen) atoms. The number of hydrogen-bond acceptors (Lipinski definition) is 6. The van der Waals surface area contributed by atoms with Crippen LogP contribution < -0.4 is 5.73 Å². The summed E-state index contributed by atoms with van der Waals surface area (Å²) in [6, 6.07) is 0.177. The highest BCUT2D eigenvalue weighted by molar-refractivity contribution is 8.00. The number of nitrogens with two attached hydrogens (primary N) is 1. The summed E-state index contributed by atoms with van der Waals surface area (Å²) in [5.74, 6) is 0.518. The Hall–Kier alpha value is -1.60. The summed E-state index contributed by atoms with van der Waals surface area (Å²) in [7, 11) is 0. The molecule has 0 saturated heterocycles. The maximum Gasteiger partial charge on any atom is 0.223 e. The van der Waals surface area contributed by atoms with E-state index in [1.54, 1.807) is 11.8 Å². The zero-order chi connectivity index (χ0) is 15.8. The van der Waals surface area contributed by atoms with Gasteiger partial charge in [-0.15, -0.1) is 11.8 Å². The van der Waals surface area contributed by atoms with Crippen molar-refractivity contribution in [1.82, 2.24) is 19.5 Å². The summed E-state index contributed by atoms with van der Waals surface area (Å²) in [6.45, 7) is 0.180. The number of thioether (sulfide) groups is 1. The van der Waals surface area contributed by atoms with Crippen LogP contribution in [0.25, 0.3) is 11.2 Å². The standard InChI is InChI=1S/C16H21N5OS/c17-16-19-14-13(15(20-16)23-12-3-1-2-4-12)18-9-21(14)11-6-5-10(7-11)8-22/h5-6,9-12,22H,1-4,7-8H2,(H2,17,19,20)/t10-,11+/m1/s1. The molecule has 6 nitrogen and oxygen atoms in total. The zero-order valence-electron chi connectivity index (χ0n) is 12.9. The van der Waals surface area contributed by atoms with Gasteiger partial charge in [0, 0.05) is 17.8 Å². The lowest BCUT2D eigenvalue weighted by Gasteiger charge is -2.13. The van der Waals surface area contributed by atoms with Crippen molar-refractivity contribution in [2.75, 3.05) is 12.3 Å². The Morgan fingerprint density at radius 3 is 2.83 bits per heavy atom. The van der Waals surface area contributed by atoms with Gasteiger partial charge in [-0.1, -0.05) is 25.0 Å². The molecule has 0 unspecified atom stereocenters. The summed E-state index contributed by atoms with van der Waals surface area (Å²) in [5.41, 5.74) is 7.59. The molecule has 2 aromatic rings. The van der Waals surface area contributed by atoms with Crippen LogP contribution in [0.4, 0.5) is 5.95 Å². The highest BCUT2D eigenvalue weighted by Gasteiger charge is 2.24. The second-order valence-corrected chi connectivity index (χ2v) is 7.65. The van der Waals surface area contributed by atoms with Crippen LogP contribution in [0.2, 0.25) is 0 Å². The summed E-state index contributed by atoms with van der Waals surface area (Å²) in [4.78, 5) is 13.4. The molecule has 0 spiro atoms. The lowest BCUT2D eigenvalue weighted by molar-refractivity contribution is 0.244. The van der Waals surface area contributed by atoms with E-state index in [9.17, 15) is 5.11 Å². The van der Waals surface area contributed by atoms with Crippen LogP contribution in [0.3, 0.4) is 0 Å². The van der Waals surface area contributed by atoms with E-state index in [-0.39, 0.29) is 18.6 Å². The number of nitrogen functional groups attached to an aromatic ring is 1. The molecule has 4 rings (SSSR count). The van der Waals surface area contributed by atoms with Crippen molar-refractivity contribution in [1.29, 1.82) is 0 Å². The predicted octanol–water partition coefficient (Wildman–Crippen LogP) is 2.55. The van der Waals surface area contributed by atoms with E-state index in [4.69, 9.17) is 5.73 Å². The van der Waals surface area contributed by atoms with Gasteiger partial charge < -0.3 is 15.4 Å². The zero-order valence-corrected chi connectivity index (χ0v) is 13.7. The third kappa shape index (κ3) is 2.83. The van der Waals surface area contributed by atoms with Gasteiger partial charge in [-0.05, 0) is 19.3 Å². The SMILES string of the molecule is Nc1nc(SC2CCCC2)c2ncn([C@H]3C=C[C@@H](CO)C3)c2n1. The molecular formula is C16H21N5OS. The number of aliphatic hydroxyl groups is 1. The van der Waals surface area contributed by atoms with E-state index in [0.717, 1.165) is 22.6 Å². The van der Waals surface area contributed by atoms with Crippen molar-refractivity contribution in [2.24, 2.45) is 5.92 Å². The molecule has 1 saturated carbocycles. The fraction of sp³-hybridized carbons (Fsp3) is 0.562. The van der Waals surface area contributed by atoms with Gasteiger partial charge in [-0.25, -0.2) is 9.97 Å². The Bertz CT molecular complexity index is 737. The predicted molar refractivity (Wildman–Crippen MR) is 91.2 cm³/mol. The van der Waals surface area contributed by atoms with Gasteiger partial charge in [-0.3, -0.25) is 0 Å². The molecular weight excluding hydrogens is 310 g/mol. The average Bonchev–Trinajstić information content (AvgIpc) is 3.26. The van der Waals surface area contributed by atoms with E-state index < -0.39 is 0 Å². The Balaban J connectivity index is 1.68. The van der Waals surface area contributed by atoms with E-state index in [1.807, 2.05) is 6.33 Å². The average molecular weight is 331 g/mol. The van der Waals surface area contributed by atoms with E-state index >= 15 is 0 Å². The minimum atomic E-state index is 0.177. The third-order valence-corrected chi connectivity index (χ3v) is 6.04. The summed E-state index contributed by atoms with van der Waals surface area (Å²) in [6.07, 6.45) is 11.9. The molecule has 0 radical (unpaired) electrons. The minimum absolute atomic E-state index is 0.177. The molecule has 1 fully saturated rings. The highest BCUT2D eigenvalue weighted by atomic mass is 32.2. The number of aromatic nitrogens is 4. The molecule has 122 valence electrons. The maximum absolute atomic E-state index is 9.32. The Morgan fingerprint density at radius 2 is 2.09 bits per heavy atom. The van der Waals surface area contributed by atoms with Crippen LogP contribution in [0.15, 0.2) is 23.5 Å². The van der Waals surface area contributed by atoms with Gasteiger partial charge in [0.05, 0.1) is 12.4 Å². The fourth-order valence-corrected chi connectivity index (χ4v) is 4.78. The molecule has 3 N–H and O–H groups in total. The lowest BCUT2D eigenvalue weighted by atomic mass is 10.1. The van der Waals surface area contributed by atoms with Gasteiger partial charge >= 0.3 is 0 Å². The Kier molecular flexibility index (Phi) is 3.98. The molecule has 2 heterocycles. The van der Waals surface area contributed by atoms with Gasteiger partial charge in [0.1, 0.15) is 10.5 Å². The highest BCUT2D eigenvalue weighted by Crippen LogP contribution is 2.37. The van der Waals surface area contributed by atoms with Crippen LogP contribution >= 0.6 is 11.8 Å². The second-order valence-electron chi connectivity index (χ2n) is 6.37. The van der Waals surface area contributed by atoms with Gasteiger partial charge in [-0.2, -0.15) is 4.98 Å². The largest absolute Gasteiger partial charge is 0.396 e. The van der Waals surface area contributed by atoms with Gasteiger partial charge in [0.2, 0.25) is 5.95 Å². The molecule has 2 aliphatic carbocycles. The van der Waals surface area contributed by atoms with Crippen molar-refractivity contribution in [3.63, 3.8) is 0 Å². The minimum Gasteiger partial charge on any atom is -0.396 e. The summed E-state index contributed by atoms with van der Waals surface area (Å²) in [5, 5.41) is 10.8. The summed E-state index contributed by atoms with van der Waals surface area (Å²) >= 11 is 1.79. The van der Waals surface area contributed by atoms with Crippen molar-refractivity contribution in [2.45, 2.75) is 48.4 Å². The van der Waals surface area contributed by atoms with Crippen LogP contribution in [0.1, 0.15) is 38.1 Å². The molecule has 2 atom stereocenters. The Morgan fingerprint density at radius 1 is 1.26 bits per heavy atom. The third-order valence-electron chi connectivity index (χ3n) is 4.73. The van der Waals surface area contributed by atoms with Crippen LogP contribution in [-0.2, 0) is 0 Å². The molecule has 0 aromatic carbocycles. The number of anilines is 1. The van der Waals surface area contributed by atoms with Gasteiger partial charge in [0.25, 0.3) is 0 Å². The van der Waals surface area contributed by atoms with Crippen molar-refractivity contribution in [3.05, 3.63) is 18.5 Å².